The van der Waals surface area contributed by atoms with Crippen molar-refractivity contribution in [2.24, 2.45) is 0 Å². The van der Waals surface area contributed by atoms with Crippen LogP contribution in [0.15, 0.2) is 72.3 Å². The van der Waals surface area contributed by atoms with Gasteiger partial charge in [0.1, 0.15) is 0 Å². The maximum atomic E-state index is 2.37. The number of benzene rings is 4. The molecule has 0 fully saturated rings. The van der Waals surface area contributed by atoms with Crippen LogP contribution in [-0.2, 0) is 6.42 Å². The lowest BCUT2D eigenvalue weighted by Crippen LogP contribution is -1.92. The van der Waals surface area contributed by atoms with E-state index >= 15 is 0 Å². The minimum Gasteiger partial charge on any atom is -0.0683 e. The van der Waals surface area contributed by atoms with Gasteiger partial charge in [-0.15, -0.1) is 0 Å². The van der Waals surface area contributed by atoms with E-state index in [1.165, 1.54) is 54.9 Å². The number of hydrogen-bond acceptors (Lipinski definition) is 0. The molecule has 0 bridgehead atoms. The Kier molecular flexibility index (Phi) is 3.08. The van der Waals surface area contributed by atoms with E-state index in [1.807, 2.05) is 0 Å². The molecule has 0 amide bonds. The van der Waals surface area contributed by atoms with Gasteiger partial charge in [-0.3, -0.25) is 0 Å². The molecular formula is C25H20. The SMILES string of the molecule is CC1=Cc2c(-c3cccc4cc5ccccc5cc34)ccc(C)c2C1. The van der Waals surface area contributed by atoms with Crippen molar-refractivity contribution in [3.05, 3.63) is 89.0 Å². The van der Waals surface area contributed by atoms with Gasteiger partial charge in [-0.05, 0) is 81.8 Å². The van der Waals surface area contributed by atoms with Gasteiger partial charge in [0.05, 0.1) is 0 Å². The molecule has 0 atom stereocenters. The highest BCUT2D eigenvalue weighted by Gasteiger charge is 2.18. The Labute approximate surface area is 148 Å². The first-order chi connectivity index (χ1) is 12.2. The quantitative estimate of drug-likeness (QED) is 0.334. The van der Waals surface area contributed by atoms with Crippen LogP contribution in [0.3, 0.4) is 0 Å². The van der Waals surface area contributed by atoms with E-state index in [9.17, 15) is 0 Å². The molecule has 1 aliphatic carbocycles. The first-order valence-corrected chi connectivity index (χ1v) is 8.92. The highest BCUT2D eigenvalue weighted by Crippen LogP contribution is 2.39. The number of hydrogen-bond donors (Lipinski definition) is 0. The fourth-order valence-corrected chi connectivity index (χ4v) is 4.19. The summed E-state index contributed by atoms with van der Waals surface area (Å²) in [5.74, 6) is 0. The molecule has 0 spiro atoms. The summed E-state index contributed by atoms with van der Waals surface area (Å²) in [5, 5.41) is 5.25. The van der Waals surface area contributed by atoms with Crippen molar-refractivity contribution in [3.63, 3.8) is 0 Å². The maximum Gasteiger partial charge on any atom is -0.00577 e. The lowest BCUT2D eigenvalue weighted by molar-refractivity contribution is 1.16. The second-order valence-electron chi connectivity index (χ2n) is 7.22. The highest BCUT2D eigenvalue weighted by atomic mass is 14.2. The number of fused-ring (bicyclic) bond motifs is 3. The van der Waals surface area contributed by atoms with Crippen LogP contribution in [-0.4, -0.2) is 0 Å². The van der Waals surface area contributed by atoms with E-state index in [-0.39, 0.29) is 0 Å². The van der Waals surface area contributed by atoms with Gasteiger partial charge in [-0.25, -0.2) is 0 Å². The molecule has 0 aliphatic heterocycles. The lowest BCUT2D eigenvalue weighted by atomic mass is 9.90. The summed E-state index contributed by atoms with van der Waals surface area (Å²) in [6.07, 6.45) is 3.46. The number of rotatable bonds is 1. The Morgan fingerprint density at radius 3 is 2.28 bits per heavy atom. The summed E-state index contributed by atoms with van der Waals surface area (Å²) >= 11 is 0. The van der Waals surface area contributed by atoms with Crippen LogP contribution in [0.4, 0.5) is 0 Å². The van der Waals surface area contributed by atoms with E-state index in [1.54, 1.807) is 0 Å². The molecule has 1 aliphatic rings. The summed E-state index contributed by atoms with van der Waals surface area (Å²) in [6, 6.07) is 24.5. The van der Waals surface area contributed by atoms with Gasteiger partial charge < -0.3 is 0 Å². The molecule has 120 valence electrons. The van der Waals surface area contributed by atoms with Gasteiger partial charge in [0, 0.05) is 0 Å². The second kappa shape index (κ2) is 5.32. The molecule has 0 nitrogen and oxygen atoms in total. The summed E-state index contributed by atoms with van der Waals surface area (Å²) in [4.78, 5) is 0. The molecule has 4 aromatic rings. The van der Waals surface area contributed by atoms with Crippen LogP contribution in [0.2, 0.25) is 0 Å². The normalized spacial score (nSPS) is 13.3. The summed E-state index contributed by atoms with van der Waals surface area (Å²) in [6.45, 7) is 4.46. The van der Waals surface area contributed by atoms with Crippen molar-refractivity contribution < 1.29 is 0 Å². The molecule has 0 unspecified atom stereocenters. The number of aryl methyl sites for hydroxylation is 1. The first kappa shape index (κ1) is 14.5. The van der Waals surface area contributed by atoms with Crippen LogP contribution in [0, 0.1) is 6.92 Å². The van der Waals surface area contributed by atoms with E-state index in [4.69, 9.17) is 0 Å². The van der Waals surface area contributed by atoms with Crippen LogP contribution in [0.25, 0.3) is 38.7 Å². The Morgan fingerprint density at radius 2 is 1.44 bits per heavy atom. The zero-order valence-electron chi connectivity index (χ0n) is 14.6. The van der Waals surface area contributed by atoms with Crippen molar-refractivity contribution >= 4 is 27.6 Å². The van der Waals surface area contributed by atoms with Crippen molar-refractivity contribution in [2.75, 3.05) is 0 Å². The summed E-state index contributed by atoms with van der Waals surface area (Å²) in [7, 11) is 0. The summed E-state index contributed by atoms with van der Waals surface area (Å²) < 4.78 is 0. The van der Waals surface area contributed by atoms with E-state index in [0.717, 1.165) is 6.42 Å². The fraction of sp³-hybridized carbons (Fsp3) is 0.120. The average molecular weight is 320 g/mol. The molecule has 25 heavy (non-hydrogen) atoms. The van der Waals surface area contributed by atoms with Crippen LogP contribution in [0.1, 0.15) is 23.6 Å². The molecular weight excluding hydrogens is 300 g/mol. The zero-order valence-corrected chi connectivity index (χ0v) is 14.6. The second-order valence-corrected chi connectivity index (χ2v) is 7.22. The highest BCUT2D eigenvalue weighted by molar-refractivity contribution is 6.06. The van der Waals surface area contributed by atoms with Gasteiger partial charge in [-0.2, -0.15) is 0 Å². The van der Waals surface area contributed by atoms with Gasteiger partial charge in [0.2, 0.25) is 0 Å². The van der Waals surface area contributed by atoms with E-state index in [0.29, 0.717) is 0 Å². The molecule has 5 rings (SSSR count). The fourth-order valence-electron chi connectivity index (χ4n) is 4.19. The van der Waals surface area contributed by atoms with Gasteiger partial charge in [0.25, 0.3) is 0 Å². The molecule has 0 aromatic heterocycles. The third-order valence-corrected chi connectivity index (χ3v) is 5.47. The Hall–Kier alpha value is -2.86. The van der Waals surface area contributed by atoms with Crippen LogP contribution in [0.5, 0.6) is 0 Å². The van der Waals surface area contributed by atoms with Crippen molar-refractivity contribution in [1.82, 2.24) is 0 Å². The van der Waals surface area contributed by atoms with E-state index < -0.39 is 0 Å². The van der Waals surface area contributed by atoms with Crippen LogP contribution >= 0.6 is 0 Å². The minimum absolute atomic E-state index is 1.09. The summed E-state index contributed by atoms with van der Waals surface area (Å²) in [5.41, 5.74) is 8.46. The molecule has 4 aromatic carbocycles. The molecule has 0 saturated carbocycles. The largest absolute Gasteiger partial charge is 0.0683 e. The van der Waals surface area contributed by atoms with Crippen molar-refractivity contribution in [2.45, 2.75) is 20.3 Å². The Morgan fingerprint density at radius 1 is 0.680 bits per heavy atom. The maximum absolute atomic E-state index is 2.37. The van der Waals surface area contributed by atoms with Crippen molar-refractivity contribution in [3.8, 4) is 11.1 Å². The van der Waals surface area contributed by atoms with E-state index in [2.05, 4.69) is 86.7 Å². The smallest absolute Gasteiger partial charge is 0.00577 e. The third kappa shape index (κ3) is 2.21. The molecule has 0 heterocycles. The third-order valence-electron chi connectivity index (χ3n) is 5.47. The van der Waals surface area contributed by atoms with Crippen molar-refractivity contribution in [1.29, 1.82) is 0 Å². The molecule has 0 radical (unpaired) electrons. The Balaban J connectivity index is 1.85. The predicted octanol–water partition coefficient (Wildman–Crippen LogP) is 6.93. The predicted molar refractivity (Wildman–Crippen MR) is 109 cm³/mol. The lowest BCUT2D eigenvalue weighted by Gasteiger charge is -2.14. The molecule has 0 N–H and O–H groups in total. The van der Waals surface area contributed by atoms with Crippen LogP contribution < -0.4 is 0 Å². The minimum atomic E-state index is 1.09. The number of allylic oxidation sites excluding steroid dienone is 1. The van der Waals surface area contributed by atoms with Gasteiger partial charge in [0.15, 0.2) is 0 Å². The molecule has 0 heteroatoms. The van der Waals surface area contributed by atoms with Gasteiger partial charge >= 0.3 is 0 Å². The molecule has 0 saturated heterocycles. The average Bonchev–Trinajstić information content (AvgIpc) is 3.02. The monoisotopic (exact) mass is 320 g/mol. The standard InChI is InChI=1S/C25H20/c1-16-12-23-17(2)10-11-22(25(23)13-16)21-9-5-8-20-14-18-6-3-4-7-19(18)15-24(20)21/h3-11,13-15H,12H2,1-2H3. The van der Waals surface area contributed by atoms with Gasteiger partial charge in [-0.1, -0.05) is 66.2 Å². The Bertz CT molecular complexity index is 1180. The topological polar surface area (TPSA) is 0 Å². The zero-order chi connectivity index (χ0) is 17.0. The first-order valence-electron chi connectivity index (χ1n) is 8.92.